The summed E-state index contributed by atoms with van der Waals surface area (Å²) in [5, 5.41) is 0. The first kappa shape index (κ1) is 26.4. The Hall–Kier alpha value is -3.22. The van der Waals surface area contributed by atoms with E-state index in [9.17, 15) is 9.59 Å². The summed E-state index contributed by atoms with van der Waals surface area (Å²) in [5.74, 6) is 0.0689. The molecule has 2 aromatic rings. The van der Waals surface area contributed by atoms with Gasteiger partial charge in [-0.2, -0.15) is 0 Å². The molecule has 1 saturated heterocycles. The Bertz CT molecular complexity index is 1040. The summed E-state index contributed by atoms with van der Waals surface area (Å²) in [6.45, 7) is 12.2. The second-order valence-corrected chi connectivity index (χ2v) is 10.6. The lowest BCUT2D eigenvalue weighted by atomic mass is 9.97. The van der Waals surface area contributed by atoms with Crippen LogP contribution in [0.25, 0.3) is 11.1 Å². The van der Waals surface area contributed by atoms with E-state index < -0.39 is 5.60 Å². The highest BCUT2D eigenvalue weighted by atomic mass is 16.6. The van der Waals surface area contributed by atoms with Crippen LogP contribution in [0.15, 0.2) is 42.5 Å². The fraction of sp³-hybridized carbons (Fsp3) is 0.500. The predicted octanol–water partition coefficient (Wildman–Crippen LogP) is 5.58. The van der Waals surface area contributed by atoms with Crippen molar-refractivity contribution in [3.8, 4) is 11.1 Å². The van der Waals surface area contributed by atoms with Gasteiger partial charge in [0, 0.05) is 25.7 Å². The molecule has 1 aliphatic heterocycles. The minimum Gasteiger partial charge on any atom is -0.465 e. The molecule has 1 fully saturated rings. The number of esters is 1. The van der Waals surface area contributed by atoms with Crippen LogP contribution in [-0.4, -0.2) is 55.3 Å². The van der Waals surface area contributed by atoms with Crippen LogP contribution in [0.2, 0.25) is 0 Å². The molecule has 35 heavy (non-hydrogen) atoms. The monoisotopic (exact) mass is 481 g/mol. The lowest BCUT2D eigenvalue weighted by molar-refractivity contribution is 0.0204. The summed E-state index contributed by atoms with van der Waals surface area (Å²) < 4.78 is 10.5. The number of rotatable bonds is 6. The number of benzene rings is 2. The highest BCUT2D eigenvalue weighted by Crippen LogP contribution is 2.34. The van der Waals surface area contributed by atoms with Crippen molar-refractivity contribution in [2.24, 2.45) is 5.92 Å². The van der Waals surface area contributed by atoms with E-state index in [1.165, 1.54) is 7.11 Å². The standard InChI is InChI=1S/C28H39N3O4/c1-19(2)18-31(21-13-15-30(16-14-21)27(33)35-28(3,4)5)25-12-11-20(17-24(25)29)22-9-7-8-10-23(22)26(32)34-6/h7-12,17,19,21H,13-16,18,29H2,1-6H3. The lowest BCUT2D eigenvalue weighted by Crippen LogP contribution is -2.49. The molecule has 1 amide bonds. The molecule has 7 nitrogen and oxygen atoms in total. The van der Waals surface area contributed by atoms with Crippen LogP contribution in [0.5, 0.6) is 0 Å². The minimum atomic E-state index is -0.500. The zero-order chi connectivity index (χ0) is 25.8. The molecule has 0 spiro atoms. The molecule has 0 radical (unpaired) electrons. The van der Waals surface area contributed by atoms with Crippen molar-refractivity contribution in [3.05, 3.63) is 48.0 Å². The number of anilines is 2. The number of likely N-dealkylation sites (tertiary alicyclic amines) is 1. The van der Waals surface area contributed by atoms with E-state index in [0.29, 0.717) is 30.3 Å². The number of nitrogens with two attached hydrogens (primary N) is 1. The Balaban J connectivity index is 1.82. The second-order valence-electron chi connectivity index (χ2n) is 10.6. The number of nitrogen functional groups attached to an aromatic ring is 1. The van der Waals surface area contributed by atoms with Crippen LogP contribution < -0.4 is 10.6 Å². The van der Waals surface area contributed by atoms with Gasteiger partial charge in [0.25, 0.3) is 0 Å². The fourth-order valence-electron chi connectivity index (χ4n) is 4.53. The molecule has 2 N–H and O–H groups in total. The third-order valence-corrected chi connectivity index (χ3v) is 6.10. The van der Waals surface area contributed by atoms with Crippen molar-refractivity contribution in [2.75, 3.05) is 37.4 Å². The SMILES string of the molecule is COC(=O)c1ccccc1-c1ccc(N(CC(C)C)C2CCN(C(=O)OC(C)(C)C)CC2)c(N)c1. The highest BCUT2D eigenvalue weighted by Gasteiger charge is 2.30. The van der Waals surface area contributed by atoms with Gasteiger partial charge in [-0.1, -0.05) is 38.1 Å². The van der Waals surface area contributed by atoms with E-state index >= 15 is 0 Å². The summed E-state index contributed by atoms with van der Waals surface area (Å²) in [7, 11) is 1.38. The zero-order valence-electron chi connectivity index (χ0n) is 21.8. The maximum atomic E-state index is 12.5. The number of hydrogen-bond donors (Lipinski definition) is 1. The van der Waals surface area contributed by atoms with Crippen molar-refractivity contribution in [1.29, 1.82) is 0 Å². The smallest absolute Gasteiger partial charge is 0.410 e. The normalized spacial score (nSPS) is 14.7. The highest BCUT2D eigenvalue weighted by molar-refractivity contribution is 5.97. The van der Waals surface area contributed by atoms with Gasteiger partial charge < -0.3 is 25.0 Å². The number of nitrogens with zero attached hydrogens (tertiary/aromatic N) is 2. The molecular weight excluding hydrogens is 442 g/mol. The minimum absolute atomic E-state index is 0.250. The predicted molar refractivity (Wildman–Crippen MR) is 141 cm³/mol. The van der Waals surface area contributed by atoms with Crippen molar-refractivity contribution in [1.82, 2.24) is 4.90 Å². The summed E-state index contributed by atoms with van der Waals surface area (Å²) in [6, 6.07) is 13.6. The molecule has 1 heterocycles. The molecular formula is C28H39N3O4. The molecule has 7 heteroatoms. The first-order valence-corrected chi connectivity index (χ1v) is 12.3. The topological polar surface area (TPSA) is 85.1 Å². The maximum absolute atomic E-state index is 12.5. The van der Waals surface area contributed by atoms with Gasteiger partial charge in [0.15, 0.2) is 0 Å². The van der Waals surface area contributed by atoms with Crippen LogP contribution in [0, 0.1) is 5.92 Å². The Morgan fingerprint density at radius 3 is 2.34 bits per heavy atom. The molecule has 2 aromatic carbocycles. The van der Waals surface area contributed by atoms with Crippen molar-refractivity contribution < 1.29 is 19.1 Å². The number of amides is 1. The van der Waals surface area contributed by atoms with Crippen LogP contribution in [0.4, 0.5) is 16.2 Å². The molecule has 1 aliphatic rings. The number of piperidine rings is 1. The number of ether oxygens (including phenoxy) is 2. The third kappa shape index (κ3) is 6.68. The average molecular weight is 482 g/mol. The van der Waals surface area contributed by atoms with E-state index in [2.05, 4.69) is 18.7 Å². The van der Waals surface area contributed by atoms with Crippen LogP contribution in [0.1, 0.15) is 57.8 Å². The summed E-state index contributed by atoms with van der Waals surface area (Å²) in [5.41, 5.74) is 9.92. The van der Waals surface area contributed by atoms with Gasteiger partial charge in [-0.3, -0.25) is 0 Å². The largest absolute Gasteiger partial charge is 0.465 e. The lowest BCUT2D eigenvalue weighted by Gasteiger charge is -2.41. The molecule has 0 aliphatic carbocycles. The Kier molecular flexibility index (Phi) is 8.30. The van der Waals surface area contributed by atoms with Gasteiger partial charge in [0.1, 0.15) is 5.60 Å². The van der Waals surface area contributed by atoms with Gasteiger partial charge in [0.05, 0.1) is 24.0 Å². The summed E-state index contributed by atoms with van der Waals surface area (Å²) in [6.07, 6.45) is 1.44. The summed E-state index contributed by atoms with van der Waals surface area (Å²) in [4.78, 5) is 28.9. The van der Waals surface area contributed by atoms with Crippen molar-refractivity contribution >= 4 is 23.4 Å². The maximum Gasteiger partial charge on any atom is 0.410 e. The number of carbonyl (C=O) groups is 2. The van der Waals surface area contributed by atoms with E-state index in [-0.39, 0.29) is 18.1 Å². The van der Waals surface area contributed by atoms with Gasteiger partial charge >= 0.3 is 12.1 Å². The fourth-order valence-corrected chi connectivity index (χ4v) is 4.53. The molecule has 0 bridgehead atoms. The van der Waals surface area contributed by atoms with E-state index in [1.807, 2.05) is 57.2 Å². The third-order valence-electron chi connectivity index (χ3n) is 6.10. The molecule has 190 valence electrons. The first-order chi connectivity index (χ1) is 16.5. The first-order valence-electron chi connectivity index (χ1n) is 12.3. The second kappa shape index (κ2) is 11.0. The molecule has 0 saturated carbocycles. The van der Waals surface area contributed by atoms with E-state index in [4.69, 9.17) is 15.2 Å². The molecule has 0 aromatic heterocycles. The van der Waals surface area contributed by atoms with Crippen LogP contribution in [0.3, 0.4) is 0 Å². The van der Waals surface area contributed by atoms with Gasteiger partial charge in [0.2, 0.25) is 0 Å². The van der Waals surface area contributed by atoms with Crippen molar-refractivity contribution in [2.45, 2.75) is 59.1 Å². The van der Waals surface area contributed by atoms with Crippen LogP contribution in [-0.2, 0) is 9.47 Å². The molecule has 3 rings (SSSR count). The van der Waals surface area contributed by atoms with Gasteiger partial charge in [-0.25, -0.2) is 9.59 Å². The number of carbonyl (C=O) groups excluding carboxylic acids is 2. The van der Waals surface area contributed by atoms with Gasteiger partial charge in [-0.15, -0.1) is 0 Å². The molecule has 0 unspecified atom stereocenters. The zero-order valence-corrected chi connectivity index (χ0v) is 21.8. The number of hydrogen-bond acceptors (Lipinski definition) is 6. The Morgan fingerprint density at radius 1 is 1.11 bits per heavy atom. The van der Waals surface area contributed by atoms with Crippen LogP contribution >= 0.6 is 0 Å². The van der Waals surface area contributed by atoms with Crippen molar-refractivity contribution in [3.63, 3.8) is 0 Å². The molecule has 0 atom stereocenters. The Labute approximate surface area is 209 Å². The average Bonchev–Trinajstić information content (AvgIpc) is 2.81. The summed E-state index contributed by atoms with van der Waals surface area (Å²) >= 11 is 0. The van der Waals surface area contributed by atoms with E-state index in [1.54, 1.807) is 11.0 Å². The van der Waals surface area contributed by atoms with Gasteiger partial charge in [-0.05, 0) is 68.9 Å². The number of methoxy groups -OCH3 is 1. The van der Waals surface area contributed by atoms with E-state index in [0.717, 1.165) is 36.2 Å². The quantitative estimate of drug-likeness (QED) is 0.428. The Morgan fingerprint density at radius 2 is 1.77 bits per heavy atom.